The first kappa shape index (κ1) is 6.03. The Hall–Kier alpha value is -0.100. The van der Waals surface area contributed by atoms with Crippen LogP contribution in [-0.2, 0) is 0 Å². The van der Waals surface area contributed by atoms with Crippen molar-refractivity contribution in [3.63, 3.8) is 0 Å². The van der Waals surface area contributed by atoms with E-state index in [1.54, 1.807) is 21.6 Å². The van der Waals surface area contributed by atoms with Crippen molar-refractivity contribution in [2.45, 2.75) is 6.35 Å². The maximum atomic E-state index is 8.85. The average molecular weight is 224 g/mol. The van der Waals surface area contributed by atoms with Crippen LogP contribution in [0, 0.1) is 0 Å². The highest BCUT2D eigenvalue weighted by molar-refractivity contribution is 14.1. The summed E-state index contributed by atoms with van der Waals surface area (Å²) >= 11 is 1.97. The number of hydrogen-bond acceptors (Lipinski definition) is 3. The summed E-state index contributed by atoms with van der Waals surface area (Å²) in [5.41, 5.74) is 0. The summed E-state index contributed by atoms with van der Waals surface area (Å²) in [6.45, 7) is 0. The fourth-order valence-electron chi connectivity index (χ4n) is 0.388. The van der Waals surface area contributed by atoms with Crippen LogP contribution in [0.15, 0.2) is 17.3 Å². The Bertz CT molecular complexity index is 118. The predicted molar refractivity (Wildman–Crippen MR) is 39.5 cm³/mol. The lowest BCUT2D eigenvalue weighted by Crippen LogP contribution is -2.20. The summed E-state index contributed by atoms with van der Waals surface area (Å²) in [7, 11) is 0. The van der Waals surface area contributed by atoms with Crippen molar-refractivity contribution in [1.29, 1.82) is 0 Å². The van der Waals surface area contributed by atoms with Crippen molar-refractivity contribution >= 4 is 29.1 Å². The SMILES string of the molecule is OC1N=CC=CN1I. The van der Waals surface area contributed by atoms with Gasteiger partial charge in [-0.1, -0.05) is 0 Å². The van der Waals surface area contributed by atoms with Gasteiger partial charge >= 0.3 is 0 Å². The van der Waals surface area contributed by atoms with Gasteiger partial charge in [-0.05, 0) is 6.08 Å². The number of hydrogen-bond donors (Lipinski definition) is 1. The number of allylic oxidation sites excluding steroid dienone is 1. The Morgan fingerprint density at radius 2 is 2.50 bits per heavy atom. The van der Waals surface area contributed by atoms with Gasteiger partial charge in [-0.15, -0.1) is 0 Å². The van der Waals surface area contributed by atoms with Gasteiger partial charge in [0, 0.05) is 12.4 Å². The zero-order valence-corrected chi connectivity index (χ0v) is 6.19. The van der Waals surface area contributed by atoms with Gasteiger partial charge in [0.05, 0.1) is 22.9 Å². The summed E-state index contributed by atoms with van der Waals surface area (Å²) in [5, 5.41) is 8.85. The molecule has 1 heterocycles. The first-order valence-electron chi connectivity index (χ1n) is 2.13. The zero-order chi connectivity index (χ0) is 5.98. The molecular formula is C4H5IN2O. The highest BCUT2D eigenvalue weighted by atomic mass is 127. The molecule has 1 atom stereocenters. The normalized spacial score (nSPS) is 26.8. The minimum absolute atomic E-state index is 0.694. The van der Waals surface area contributed by atoms with Crippen molar-refractivity contribution in [2.24, 2.45) is 4.99 Å². The van der Waals surface area contributed by atoms with Gasteiger partial charge in [-0.3, -0.25) is 3.11 Å². The van der Waals surface area contributed by atoms with Gasteiger partial charge < -0.3 is 5.11 Å². The van der Waals surface area contributed by atoms with Crippen LogP contribution in [0.25, 0.3) is 0 Å². The lowest BCUT2D eigenvalue weighted by molar-refractivity contribution is 0.116. The summed E-state index contributed by atoms with van der Waals surface area (Å²) in [4.78, 5) is 3.67. The molecule has 0 radical (unpaired) electrons. The van der Waals surface area contributed by atoms with Crippen molar-refractivity contribution in [2.75, 3.05) is 0 Å². The molecule has 1 aliphatic rings. The number of aliphatic imine (C=N–C) groups is 1. The maximum absolute atomic E-state index is 8.85. The second-order valence-electron chi connectivity index (χ2n) is 1.33. The molecule has 4 heteroatoms. The molecule has 1 rings (SSSR count). The van der Waals surface area contributed by atoms with Crippen LogP contribution in [-0.4, -0.2) is 20.8 Å². The molecule has 0 saturated carbocycles. The summed E-state index contributed by atoms with van der Waals surface area (Å²) in [6.07, 6.45) is 4.39. The number of halogens is 1. The third-order valence-electron chi connectivity index (χ3n) is 0.755. The third kappa shape index (κ3) is 1.19. The third-order valence-corrected chi connectivity index (χ3v) is 1.57. The molecule has 0 aromatic carbocycles. The van der Waals surface area contributed by atoms with Gasteiger partial charge in [0.25, 0.3) is 0 Å². The standard InChI is InChI=1S/C4H5IN2O/c5-7-3-1-2-6-4(7)8/h1-4,8H. The molecule has 0 aromatic heterocycles. The van der Waals surface area contributed by atoms with Crippen LogP contribution < -0.4 is 0 Å². The number of aliphatic hydroxyl groups excluding tert-OH is 1. The molecule has 1 aliphatic heterocycles. The molecule has 3 nitrogen and oxygen atoms in total. The number of aliphatic hydroxyl groups is 1. The largest absolute Gasteiger partial charge is 0.354 e. The van der Waals surface area contributed by atoms with Gasteiger partial charge in [0.2, 0.25) is 6.35 Å². The monoisotopic (exact) mass is 224 g/mol. The van der Waals surface area contributed by atoms with E-state index in [0.29, 0.717) is 0 Å². The van der Waals surface area contributed by atoms with Crippen LogP contribution in [0.1, 0.15) is 0 Å². The molecule has 1 unspecified atom stereocenters. The Kier molecular flexibility index (Phi) is 1.85. The van der Waals surface area contributed by atoms with Crippen molar-refractivity contribution in [3.8, 4) is 0 Å². The molecule has 0 aliphatic carbocycles. The van der Waals surface area contributed by atoms with Crippen LogP contribution in [0.3, 0.4) is 0 Å². The summed E-state index contributed by atoms with van der Waals surface area (Å²) in [5.74, 6) is 0. The van der Waals surface area contributed by atoms with Crippen LogP contribution in [0.4, 0.5) is 0 Å². The van der Waals surface area contributed by atoms with Crippen molar-refractivity contribution in [3.05, 3.63) is 12.3 Å². The Morgan fingerprint density at radius 1 is 1.75 bits per heavy atom. The van der Waals surface area contributed by atoms with Gasteiger partial charge in [-0.2, -0.15) is 0 Å². The lowest BCUT2D eigenvalue weighted by atomic mass is 10.6. The fraction of sp³-hybridized carbons (Fsp3) is 0.250. The molecule has 0 spiro atoms. The lowest BCUT2D eigenvalue weighted by Gasteiger charge is -2.16. The highest BCUT2D eigenvalue weighted by Gasteiger charge is 2.05. The van der Waals surface area contributed by atoms with E-state index in [2.05, 4.69) is 4.99 Å². The Morgan fingerprint density at radius 3 is 2.88 bits per heavy atom. The minimum atomic E-state index is -0.694. The molecule has 44 valence electrons. The molecule has 8 heavy (non-hydrogen) atoms. The summed E-state index contributed by atoms with van der Waals surface area (Å²) in [6, 6.07) is 0. The average Bonchev–Trinajstić information content (AvgIpc) is 1.77. The number of nitrogens with zero attached hydrogens (tertiary/aromatic N) is 2. The van der Waals surface area contributed by atoms with Crippen LogP contribution >= 0.6 is 22.9 Å². The predicted octanol–water partition coefficient (Wildman–Crippen LogP) is 0.512. The van der Waals surface area contributed by atoms with E-state index in [0.717, 1.165) is 0 Å². The van der Waals surface area contributed by atoms with E-state index in [4.69, 9.17) is 5.11 Å². The number of rotatable bonds is 0. The molecule has 1 N–H and O–H groups in total. The van der Waals surface area contributed by atoms with Gasteiger partial charge in [-0.25, -0.2) is 4.99 Å². The van der Waals surface area contributed by atoms with E-state index < -0.39 is 6.35 Å². The highest BCUT2D eigenvalue weighted by Crippen LogP contribution is 2.08. The van der Waals surface area contributed by atoms with Crippen LogP contribution in [0.2, 0.25) is 0 Å². The van der Waals surface area contributed by atoms with E-state index >= 15 is 0 Å². The smallest absolute Gasteiger partial charge is 0.233 e. The molecule has 0 saturated heterocycles. The second kappa shape index (κ2) is 2.45. The minimum Gasteiger partial charge on any atom is -0.354 e. The van der Waals surface area contributed by atoms with E-state index in [1.165, 1.54) is 0 Å². The second-order valence-corrected chi connectivity index (χ2v) is 2.44. The Labute approximate surface area is 61.2 Å². The van der Waals surface area contributed by atoms with Crippen molar-refractivity contribution < 1.29 is 5.11 Å². The first-order chi connectivity index (χ1) is 3.80. The van der Waals surface area contributed by atoms with Gasteiger partial charge in [0.15, 0.2) is 0 Å². The molecule has 0 bridgehead atoms. The maximum Gasteiger partial charge on any atom is 0.233 e. The zero-order valence-electron chi connectivity index (χ0n) is 4.03. The Balaban J connectivity index is 2.59. The topological polar surface area (TPSA) is 35.8 Å². The fourth-order valence-corrected chi connectivity index (χ4v) is 0.718. The van der Waals surface area contributed by atoms with E-state index in [1.807, 2.05) is 22.9 Å². The van der Waals surface area contributed by atoms with E-state index in [-0.39, 0.29) is 0 Å². The van der Waals surface area contributed by atoms with E-state index in [9.17, 15) is 0 Å². The quantitative estimate of drug-likeness (QED) is 0.480. The summed E-state index contributed by atoms with van der Waals surface area (Å²) < 4.78 is 1.58. The molecule has 0 amide bonds. The van der Waals surface area contributed by atoms with Crippen molar-refractivity contribution in [1.82, 2.24) is 3.11 Å². The molecule has 0 fully saturated rings. The van der Waals surface area contributed by atoms with Crippen LogP contribution in [0.5, 0.6) is 0 Å². The molecule has 0 aromatic rings. The molecular weight excluding hydrogens is 219 g/mol. The first-order valence-corrected chi connectivity index (χ1v) is 3.09. The van der Waals surface area contributed by atoms with Gasteiger partial charge in [0.1, 0.15) is 0 Å².